The number of carbonyl (C=O) groups excluding carboxylic acids is 4. The number of imide groups is 1. The summed E-state index contributed by atoms with van der Waals surface area (Å²) in [6.07, 6.45) is 13.6. The van der Waals surface area contributed by atoms with E-state index in [1.54, 1.807) is 16.9 Å². The van der Waals surface area contributed by atoms with Gasteiger partial charge in [0.15, 0.2) is 0 Å². The average Bonchev–Trinajstić information content (AvgIpc) is 3.78. The predicted molar refractivity (Wildman–Crippen MR) is 258 cm³/mol. The third-order valence-corrected chi connectivity index (χ3v) is 13.6. The van der Waals surface area contributed by atoms with Gasteiger partial charge in [-0.1, -0.05) is 37.8 Å². The number of hydrogen-bond donors (Lipinski definition) is 3. The standard InChI is InChI=1S/C52H60F2N10O5/c1-2-69-41-30-43(49-38(31-55)33-58-64(49)34-41)37-12-18-46(57-32-37)62-23-20-52(21-24-62,60-51(68)44-29-39(53)13-17-45(44)54)35-61-25-27-63(28-26-61)48(66)9-7-5-3-4-6-8-22-56-40-14-10-36(11-15-40)42-16-19-47(65)59-50(42)67/h10-15,17-18,29-30,32-34,42,56H,2-9,16,19-28,35H2,1H3,(H,60,68)(H,59,65,67). The molecule has 0 saturated carbocycles. The molecular formula is C52H60F2N10O5. The Morgan fingerprint density at radius 2 is 1.67 bits per heavy atom. The molecule has 1 unspecified atom stereocenters. The maximum absolute atomic E-state index is 14.9. The van der Waals surface area contributed by atoms with Gasteiger partial charge in [0.1, 0.15) is 29.3 Å². The second kappa shape index (κ2) is 22.5. The summed E-state index contributed by atoms with van der Waals surface area (Å²) in [6, 6.07) is 18.8. The van der Waals surface area contributed by atoms with Crippen molar-refractivity contribution in [1.29, 1.82) is 5.26 Å². The van der Waals surface area contributed by atoms with Crippen molar-refractivity contribution in [2.45, 2.75) is 89.0 Å². The summed E-state index contributed by atoms with van der Waals surface area (Å²) in [5.74, 6) is -1.35. The van der Waals surface area contributed by atoms with Crippen molar-refractivity contribution in [3.8, 4) is 22.9 Å². The van der Waals surface area contributed by atoms with Gasteiger partial charge in [-0.2, -0.15) is 10.4 Å². The van der Waals surface area contributed by atoms with E-state index in [9.17, 15) is 33.2 Å². The van der Waals surface area contributed by atoms with Crippen LogP contribution in [0.2, 0.25) is 0 Å². The van der Waals surface area contributed by atoms with Crippen LogP contribution in [0.3, 0.4) is 0 Å². The van der Waals surface area contributed by atoms with Gasteiger partial charge >= 0.3 is 0 Å². The Morgan fingerprint density at radius 3 is 2.38 bits per heavy atom. The van der Waals surface area contributed by atoms with Crippen LogP contribution in [0.4, 0.5) is 20.3 Å². The molecule has 6 heterocycles. The van der Waals surface area contributed by atoms with Gasteiger partial charge in [0.05, 0.1) is 47.1 Å². The summed E-state index contributed by atoms with van der Waals surface area (Å²) in [4.78, 5) is 61.7. The highest BCUT2D eigenvalue weighted by Crippen LogP contribution is 2.33. The number of nitriles is 1. The molecule has 1 atom stereocenters. The van der Waals surface area contributed by atoms with Crippen LogP contribution in [-0.4, -0.2) is 113 Å². The highest BCUT2D eigenvalue weighted by atomic mass is 19.1. The summed E-state index contributed by atoms with van der Waals surface area (Å²) < 4.78 is 36.5. The van der Waals surface area contributed by atoms with E-state index in [0.29, 0.717) is 101 Å². The number of aromatic nitrogens is 3. The molecule has 0 bridgehead atoms. The fourth-order valence-electron chi connectivity index (χ4n) is 9.77. The Morgan fingerprint density at radius 1 is 0.913 bits per heavy atom. The van der Waals surface area contributed by atoms with Gasteiger partial charge in [0.25, 0.3) is 5.91 Å². The second-order valence-corrected chi connectivity index (χ2v) is 18.3. The van der Waals surface area contributed by atoms with Crippen molar-refractivity contribution in [3.05, 3.63) is 108 Å². The van der Waals surface area contributed by atoms with Gasteiger partial charge in [-0.15, -0.1) is 0 Å². The number of hydrogen-bond acceptors (Lipinski definition) is 11. The number of fused-ring (bicyclic) bond motifs is 1. The third-order valence-electron chi connectivity index (χ3n) is 13.6. The monoisotopic (exact) mass is 942 g/mol. The topological polar surface area (TPSA) is 177 Å². The zero-order chi connectivity index (χ0) is 48.3. The van der Waals surface area contributed by atoms with Crippen molar-refractivity contribution >= 4 is 40.7 Å². The molecule has 3 aliphatic heterocycles. The average molecular weight is 943 g/mol. The van der Waals surface area contributed by atoms with Crippen LogP contribution in [0.1, 0.15) is 105 Å². The lowest BCUT2D eigenvalue weighted by molar-refractivity contribution is -0.135. The van der Waals surface area contributed by atoms with E-state index in [4.69, 9.17) is 9.72 Å². The minimum atomic E-state index is -0.790. The fraction of sp³-hybridized carbons (Fsp3) is 0.442. The number of piperidine rings is 2. The van der Waals surface area contributed by atoms with E-state index in [-0.39, 0.29) is 29.2 Å². The van der Waals surface area contributed by atoms with Gasteiger partial charge in [-0.05, 0) is 93.1 Å². The molecule has 3 N–H and O–H groups in total. The Bertz CT molecular complexity index is 2650. The van der Waals surface area contributed by atoms with Crippen LogP contribution in [-0.2, 0) is 14.4 Å². The summed E-state index contributed by atoms with van der Waals surface area (Å²) in [7, 11) is 0. The summed E-state index contributed by atoms with van der Waals surface area (Å²) in [6.45, 7) is 7.21. The number of carbonyl (C=O) groups is 4. The van der Waals surface area contributed by atoms with Gasteiger partial charge in [-0.25, -0.2) is 18.3 Å². The van der Waals surface area contributed by atoms with Crippen LogP contribution in [0.25, 0.3) is 16.6 Å². The second-order valence-electron chi connectivity index (χ2n) is 18.3. The maximum Gasteiger partial charge on any atom is 0.254 e. The third kappa shape index (κ3) is 12.0. The highest BCUT2D eigenvalue weighted by Gasteiger charge is 2.39. The van der Waals surface area contributed by atoms with E-state index in [1.807, 2.05) is 54.3 Å². The van der Waals surface area contributed by atoms with Crippen molar-refractivity contribution < 1.29 is 32.7 Å². The molecule has 3 saturated heterocycles. The van der Waals surface area contributed by atoms with Crippen molar-refractivity contribution in [2.24, 2.45) is 0 Å². The first-order valence-electron chi connectivity index (χ1n) is 24.2. The Hall–Kier alpha value is -6.93. The number of pyridine rings is 2. The summed E-state index contributed by atoms with van der Waals surface area (Å²) in [5.41, 5.74) is 3.50. The summed E-state index contributed by atoms with van der Waals surface area (Å²) >= 11 is 0. The van der Waals surface area contributed by atoms with Crippen LogP contribution >= 0.6 is 0 Å². The maximum atomic E-state index is 14.9. The predicted octanol–water partition coefficient (Wildman–Crippen LogP) is 7.22. The summed E-state index contributed by atoms with van der Waals surface area (Å²) in [5, 5.41) is 23.1. The number of benzene rings is 2. The fourth-order valence-corrected chi connectivity index (χ4v) is 9.77. The number of amides is 4. The zero-order valence-electron chi connectivity index (χ0n) is 39.2. The molecule has 4 amide bonds. The molecule has 0 spiro atoms. The molecule has 3 aliphatic rings. The lowest BCUT2D eigenvalue weighted by Gasteiger charge is -2.46. The molecule has 17 heteroatoms. The minimum Gasteiger partial charge on any atom is -0.492 e. The van der Waals surface area contributed by atoms with Crippen LogP contribution in [0.15, 0.2) is 79.3 Å². The molecule has 362 valence electrons. The molecule has 5 aromatic rings. The first-order chi connectivity index (χ1) is 33.5. The zero-order valence-corrected chi connectivity index (χ0v) is 39.2. The van der Waals surface area contributed by atoms with E-state index in [2.05, 4.69) is 36.9 Å². The molecule has 2 aromatic carbocycles. The lowest BCUT2D eigenvalue weighted by atomic mass is 9.86. The minimum absolute atomic E-state index is 0.154. The first-order valence-corrected chi connectivity index (χ1v) is 24.2. The largest absolute Gasteiger partial charge is 0.492 e. The molecule has 15 nitrogen and oxygen atoms in total. The first kappa shape index (κ1) is 48.5. The van der Waals surface area contributed by atoms with Crippen LogP contribution < -0.4 is 25.6 Å². The normalized spacial score (nSPS) is 17.3. The Kier molecular flexibility index (Phi) is 15.8. The number of nitrogens with one attached hydrogen (secondary N) is 3. The molecular weight excluding hydrogens is 883 g/mol. The number of piperazine rings is 1. The van der Waals surface area contributed by atoms with Gasteiger partial charge in [0.2, 0.25) is 17.7 Å². The molecule has 0 radical (unpaired) electrons. The van der Waals surface area contributed by atoms with E-state index < -0.39 is 23.1 Å². The van der Waals surface area contributed by atoms with E-state index in [1.165, 1.54) is 6.20 Å². The van der Waals surface area contributed by atoms with E-state index in [0.717, 1.165) is 91.5 Å². The van der Waals surface area contributed by atoms with Gasteiger partial charge in [0, 0.05) is 88.2 Å². The van der Waals surface area contributed by atoms with Crippen molar-refractivity contribution in [2.75, 3.05) is 69.2 Å². The van der Waals surface area contributed by atoms with Crippen LogP contribution in [0.5, 0.6) is 5.75 Å². The quantitative estimate of drug-likeness (QED) is 0.0563. The number of halogens is 2. The molecule has 8 rings (SSSR count). The molecule has 69 heavy (non-hydrogen) atoms. The molecule has 3 aromatic heterocycles. The number of rotatable bonds is 19. The smallest absolute Gasteiger partial charge is 0.254 e. The highest BCUT2D eigenvalue weighted by molar-refractivity contribution is 6.01. The van der Waals surface area contributed by atoms with Crippen molar-refractivity contribution in [1.82, 2.24) is 35.0 Å². The number of nitrogens with zero attached hydrogens (tertiary/aromatic N) is 7. The van der Waals surface area contributed by atoms with Crippen molar-refractivity contribution in [3.63, 3.8) is 0 Å². The van der Waals surface area contributed by atoms with E-state index >= 15 is 0 Å². The number of anilines is 2. The number of unbranched alkanes of at least 4 members (excludes halogenated alkanes) is 5. The Labute approximate surface area is 401 Å². The molecule has 3 fully saturated rings. The van der Waals surface area contributed by atoms with Crippen LogP contribution in [0, 0.1) is 23.0 Å². The Balaban J connectivity index is 0.790. The molecule has 0 aliphatic carbocycles. The van der Waals surface area contributed by atoms with Gasteiger partial charge in [-0.3, -0.25) is 29.4 Å². The lowest BCUT2D eigenvalue weighted by Crippen LogP contribution is -2.62. The van der Waals surface area contributed by atoms with Gasteiger partial charge < -0.3 is 25.2 Å². The SMILES string of the molecule is CCOc1cc(-c2ccc(N3CCC(CN4CCN(C(=O)CCCCCCCCNc5ccc(C6CCC(=O)NC6=O)cc5)CC4)(NC(=O)c4cc(F)ccc4F)CC3)nc2)c2c(C#N)cnn2c1. The number of ether oxygens (including phenoxy) is 1.